The van der Waals surface area contributed by atoms with E-state index in [1.54, 1.807) is 16.7 Å². The number of fused-ring (bicyclic) bond motifs is 1. The van der Waals surface area contributed by atoms with Gasteiger partial charge in [-0.3, -0.25) is 9.20 Å². The molecule has 0 unspecified atom stereocenters. The number of amides is 1. The summed E-state index contributed by atoms with van der Waals surface area (Å²) in [4.78, 5) is 16.2. The van der Waals surface area contributed by atoms with Crippen LogP contribution in [0.2, 0.25) is 0 Å². The first-order valence-electron chi connectivity index (χ1n) is 7.08. The number of hydrogen-bond acceptors (Lipinski definition) is 6. The molecule has 0 saturated heterocycles. The van der Waals surface area contributed by atoms with E-state index in [2.05, 4.69) is 20.5 Å². The number of carbonyl (C=O) groups is 1. The molecule has 3 aromatic rings. The molecule has 23 heavy (non-hydrogen) atoms. The molecule has 0 atom stereocenters. The summed E-state index contributed by atoms with van der Waals surface area (Å²) in [5.74, 6) is 1.25. The molecule has 118 valence electrons. The summed E-state index contributed by atoms with van der Waals surface area (Å²) in [7, 11) is 0. The molecule has 0 saturated carbocycles. The van der Waals surface area contributed by atoms with E-state index in [0.29, 0.717) is 29.0 Å². The molecule has 0 aliphatic rings. The fourth-order valence-corrected chi connectivity index (χ4v) is 2.70. The van der Waals surface area contributed by atoms with Crippen LogP contribution in [0.15, 0.2) is 47.9 Å². The molecule has 1 amide bonds. The van der Waals surface area contributed by atoms with Gasteiger partial charge in [0, 0.05) is 12.4 Å². The number of aromatic nitrogens is 4. The summed E-state index contributed by atoms with van der Waals surface area (Å²) in [5, 5.41) is 11.5. The number of para-hydroxylation sites is 2. The Morgan fingerprint density at radius 3 is 3.04 bits per heavy atom. The van der Waals surface area contributed by atoms with Gasteiger partial charge in [0.15, 0.2) is 5.16 Å². The maximum atomic E-state index is 12.1. The Kier molecular flexibility index (Phi) is 4.72. The molecule has 1 aromatic carbocycles. The second-order valence-electron chi connectivity index (χ2n) is 4.54. The Hall–Kier alpha value is -2.61. The molecule has 0 aliphatic heterocycles. The molecular formula is C15H15N5O2S. The molecule has 2 aromatic heterocycles. The molecule has 3 rings (SSSR count). The van der Waals surface area contributed by atoms with E-state index in [0.717, 1.165) is 0 Å². The highest BCUT2D eigenvalue weighted by Crippen LogP contribution is 2.24. The van der Waals surface area contributed by atoms with Crippen LogP contribution in [0.25, 0.3) is 5.78 Å². The third-order valence-electron chi connectivity index (χ3n) is 2.95. The Bertz CT molecular complexity index is 820. The first kappa shape index (κ1) is 15.3. The molecule has 8 heteroatoms. The van der Waals surface area contributed by atoms with Crippen LogP contribution in [0.4, 0.5) is 5.69 Å². The molecule has 0 radical (unpaired) electrons. The first-order valence-corrected chi connectivity index (χ1v) is 8.06. The van der Waals surface area contributed by atoms with Gasteiger partial charge < -0.3 is 10.1 Å². The van der Waals surface area contributed by atoms with Crippen molar-refractivity contribution in [2.45, 2.75) is 12.1 Å². The Labute approximate surface area is 137 Å². The molecule has 0 spiro atoms. The highest BCUT2D eigenvalue weighted by molar-refractivity contribution is 7.99. The lowest BCUT2D eigenvalue weighted by molar-refractivity contribution is -0.113. The van der Waals surface area contributed by atoms with Crippen molar-refractivity contribution < 1.29 is 9.53 Å². The zero-order valence-corrected chi connectivity index (χ0v) is 13.3. The van der Waals surface area contributed by atoms with Crippen LogP contribution in [0.5, 0.6) is 5.75 Å². The first-order chi connectivity index (χ1) is 11.3. The van der Waals surface area contributed by atoms with Gasteiger partial charge in [0.25, 0.3) is 5.78 Å². The standard InChI is InChI=1S/C15H15N5O2S/c1-2-22-12-7-4-3-6-11(12)17-13(21)10-23-15-19-18-14-16-8-5-9-20(14)15/h3-9H,2,10H2,1H3,(H,17,21). The quantitative estimate of drug-likeness (QED) is 0.699. The normalized spacial score (nSPS) is 10.7. The number of benzene rings is 1. The molecule has 2 heterocycles. The number of carbonyl (C=O) groups excluding carboxylic acids is 1. The van der Waals surface area contributed by atoms with Crippen molar-refractivity contribution in [2.75, 3.05) is 17.7 Å². The van der Waals surface area contributed by atoms with Gasteiger partial charge in [-0.1, -0.05) is 23.9 Å². The minimum Gasteiger partial charge on any atom is -0.492 e. The molecule has 0 bridgehead atoms. The van der Waals surface area contributed by atoms with Gasteiger partial charge in [0.05, 0.1) is 18.0 Å². The maximum absolute atomic E-state index is 12.1. The minimum absolute atomic E-state index is 0.136. The van der Waals surface area contributed by atoms with Gasteiger partial charge in [0.1, 0.15) is 5.75 Å². The van der Waals surface area contributed by atoms with Crippen LogP contribution in [-0.2, 0) is 4.79 Å². The summed E-state index contributed by atoms with van der Waals surface area (Å²) in [6.07, 6.45) is 3.46. The minimum atomic E-state index is -0.136. The smallest absolute Gasteiger partial charge is 0.255 e. The molecule has 0 aliphatic carbocycles. The van der Waals surface area contributed by atoms with Crippen molar-refractivity contribution in [1.29, 1.82) is 0 Å². The fourth-order valence-electron chi connectivity index (χ4n) is 1.99. The highest BCUT2D eigenvalue weighted by Gasteiger charge is 2.11. The predicted octanol–water partition coefficient (Wildman–Crippen LogP) is 2.25. The van der Waals surface area contributed by atoms with Gasteiger partial charge in [-0.05, 0) is 25.1 Å². The number of anilines is 1. The fraction of sp³-hybridized carbons (Fsp3) is 0.200. The number of rotatable bonds is 6. The van der Waals surface area contributed by atoms with Gasteiger partial charge >= 0.3 is 0 Å². The molecule has 0 fully saturated rings. The predicted molar refractivity (Wildman–Crippen MR) is 87.7 cm³/mol. The number of thioether (sulfide) groups is 1. The number of nitrogens with zero attached hydrogens (tertiary/aromatic N) is 4. The van der Waals surface area contributed by atoms with Crippen molar-refractivity contribution in [3.63, 3.8) is 0 Å². The lowest BCUT2D eigenvalue weighted by Gasteiger charge is -2.10. The Balaban J connectivity index is 1.64. The maximum Gasteiger partial charge on any atom is 0.255 e. The summed E-state index contributed by atoms with van der Waals surface area (Å²) in [6.45, 7) is 2.44. The molecular weight excluding hydrogens is 314 g/mol. The topological polar surface area (TPSA) is 81.4 Å². The van der Waals surface area contributed by atoms with Gasteiger partial charge in [-0.2, -0.15) is 0 Å². The van der Waals surface area contributed by atoms with Crippen LogP contribution in [0.1, 0.15) is 6.92 Å². The SMILES string of the molecule is CCOc1ccccc1NC(=O)CSc1nnc2ncccn12. The van der Waals surface area contributed by atoms with E-state index >= 15 is 0 Å². The van der Waals surface area contributed by atoms with Crippen LogP contribution in [0, 0.1) is 0 Å². The van der Waals surface area contributed by atoms with Crippen molar-refractivity contribution in [2.24, 2.45) is 0 Å². The molecule has 1 N–H and O–H groups in total. The largest absolute Gasteiger partial charge is 0.492 e. The average molecular weight is 329 g/mol. The van der Waals surface area contributed by atoms with Crippen LogP contribution < -0.4 is 10.1 Å². The van der Waals surface area contributed by atoms with Crippen molar-refractivity contribution in [3.8, 4) is 5.75 Å². The second kappa shape index (κ2) is 7.10. The lowest BCUT2D eigenvalue weighted by atomic mass is 10.3. The lowest BCUT2D eigenvalue weighted by Crippen LogP contribution is -2.15. The average Bonchev–Trinajstić information content (AvgIpc) is 2.98. The van der Waals surface area contributed by atoms with E-state index in [1.807, 2.05) is 37.4 Å². The zero-order chi connectivity index (χ0) is 16.1. The van der Waals surface area contributed by atoms with Gasteiger partial charge in [-0.15, -0.1) is 10.2 Å². The van der Waals surface area contributed by atoms with E-state index in [1.165, 1.54) is 11.8 Å². The third-order valence-corrected chi connectivity index (χ3v) is 3.89. The van der Waals surface area contributed by atoms with Crippen LogP contribution >= 0.6 is 11.8 Å². The summed E-state index contributed by atoms with van der Waals surface area (Å²) in [5.41, 5.74) is 0.660. The summed E-state index contributed by atoms with van der Waals surface area (Å²) in [6, 6.07) is 9.14. The van der Waals surface area contributed by atoms with Gasteiger partial charge in [-0.25, -0.2) is 4.98 Å². The van der Waals surface area contributed by atoms with Crippen molar-refractivity contribution in [3.05, 3.63) is 42.7 Å². The van der Waals surface area contributed by atoms with Crippen LogP contribution in [0.3, 0.4) is 0 Å². The number of nitrogens with one attached hydrogen (secondary N) is 1. The van der Waals surface area contributed by atoms with Gasteiger partial charge in [0.2, 0.25) is 5.91 Å². The number of ether oxygens (including phenoxy) is 1. The van der Waals surface area contributed by atoms with E-state index in [9.17, 15) is 4.79 Å². The highest BCUT2D eigenvalue weighted by atomic mass is 32.2. The van der Waals surface area contributed by atoms with Crippen molar-refractivity contribution in [1.82, 2.24) is 19.6 Å². The summed E-state index contributed by atoms with van der Waals surface area (Å²) >= 11 is 1.30. The third kappa shape index (κ3) is 3.59. The summed E-state index contributed by atoms with van der Waals surface area (Å²) < 4.78 is 7.23. The van der Waals surface area contributed by atoms with E-state index < -0.39 is 0 Å². The monoisotopic (exact) mass is 329 g/mol. The Morgan fingerprint density at radius 2 is 2.17 bits per heavy atom. The van der Waals surface area contributed by atoms with Crippen molar-refractivity contribution >= 4 is 29.1 Å². The van der Waals surface area contributed by atoms with E-state index in [4.69, 9.17) is 4.74 Å². The van der Waals surface area contributed by atoms with Crippen LogP contribution in [-0.4, -0.2) is 37.8 Å². The molecule has 7 nitrogen and oxygen atoms in total. The zero-order valence-electron chi connectivity index (χ0n) is 12.5. The second-order valence-corrected chi connectivity index (χ2v) is 5.48. The van der Waals surface area contributed by atoms with E-state index in [-0.39, 0.29) is 11.7 Å². The Morgan fingerprint density at radius 1 is 1.30 bits per heavy atom. The number of hydrogen-bond donors (Lipinski definition) is 1.